The molecule has 0 spiro atoms. The summed E-state index contributed by atoms with van der Waals surface area (Å²) in [4.78, 5) is 4.21. The number of hydrogen-bond donors (Lipinski definition) is 1. The molecule has 0 aromatic carbocycles. The normalized spacial score (nSPS) is 18.5. The Morgan fingerprint density at radius 2 is 2.46 bits per heavy atom. The number of hydrogen-bond acceptors (Lipinski definition) is 3. The number of nitrogens with zero attached hydrogens (tertiary/aromatic N) is 1. The Morgan fingerprint density at radius 3 is 3.00 bits per heavy atom. The molecule has 0 atom stereocenters. The molecule has 0 amide bonds. The van der Waals surface area contributed by atoms with Gasteiger partial charge in [-0.15, -0.1) is 11.3 Å². The van der Waals surface area contributed by atoms with Crippen molar-refractivity contribution in [3.8, 4) is 0 Å². The van der Waals surface area contributed by atoms with Crippen LogP contribution in [0.25, 0.3) is 0 Å². The molecular weight excluding hydrogens is 180 g/mol. The van der Waals surface area contributed by atoms with Crippen molar-refractivity contribution in [2.24, 2.45) is 5.41 Å². The second-order valence-electron chi connectivity index (χ2n) is 3.94. The zero-order valence-corrected chi connectivity index (χ0v) is 8.86. The van der Waals surface area contributed by atoms with Gasteiger partial charge in [0.15, 0.2) is 5.13 Å². The Labute approximate surface area is 83.4 Å². The summed E-state index contributed by atoms with van der Waals surface area (Å²) >= 11 is 1.69. The molecule has 1 aromatic rings. The highest BCUT2D eigenvalue weighted by Crippen LogP contribution is 2.49. The Balaban J connectivity index is 1.79. The minimum Gasteiger partial charge on any atom is -0.361 e. The maximum atomic E-state index is 4.21. The van der Waals surface area contributed by atoms with Gasteiger partial charge in [0, 0.05) is 18.1 Å². The molecule has 3 heteroatoms. The quantitative estimate of drug-likeness (QED) is 0.782. The lowest BCUT2D eigenvalue weighted by atomic mass is 10.0. The van der Waals surface area contributed by atoms with Crippen LogP contribution >= 0.6 is 11.3 Å². The van der Waals surface area contributed by atoms with Crippen LogP contribution in [0.4, 0.5) is 5.13 Å². The summed E-state index contributed by atoms with van der Waals surface area (Å²) in [5.41, 5.74) is 0.625. The molecule has 0 radical (unpaired) electrons. The summed E-state index contributed by atoms with van der Waals surface area (Å²) in [6.07, 6.45) is 7.33. The third-order valence-electron chi connectivity index (χ3n) is 2.78. The van der Waals surface area contributed by atoms with Crippen molar-refractivity contribution in [2.75, 3.05) is 11.9 Å². The van der Waals surface area contributed by atoms with Crippen LogP contribution in [0.5, 0.6) is 0 Å². The van der Waals surface area contributed by atoms with Crippen molar-refractivity contribution < 1.29 is 0 Å². The molecule has 1 N–H and O–H groups in total. The molecule has 1 aliphatic rings. The van der Waals surface area contributed by atoms with Gasteiger partial charge in [0.2, 0.25) is 0 Å². The van der Waals surface area contributed by atoms with Crippen molar-refractivity contribution in [1.82, 2.24) is 4.98 Å². The predicted molar refractivity (Wildman–Crippen MR) is 57.2 cm³/mol. The van der Waals surface area contributed by atoms with Gasteiger partial charge in [-0.2, -0.15) is 0 Å². The molecule has 72 valence electrons. The first-order valence-electron chi connectivity index (χ1n) is 4.98. The third kappa shape index (κ3) is 2.21. The zero-order valence-electron chi connectivity index (χ0n) is 8.05. The molecule has 1 aliphatic carbocycles. The van der Waals surface area contributed by atoms with E-state index in [0.29, 0.717) is 5.41 Å². The van der Waals surface area contributed by atoms with E-state index in [-0.39, 0.29) is 0 Å². The van der Waals surface area contributed by atoms with Gasteiger partial charge in [-0.3, -0.25) is 0 Å². The Hall–Kier alpha value is -0.570. The number of thiazole rings is 1. The smallest absolute Gasteiger partial charge is 0.182 e. The monoisotopic (exact) mass is 196 g/mol. The van der Waals surface area contributed by atoms with Gasteiger partial charge in [-0.05, 0) is 24.7 Å². The molecule has 0 saturated heterocycles. The fourth-order valence-corrected chi connectivity index (χ4v) is 2.32. The second-order valence-corrected chi connectivity index (χ2v) is 4.84. The van der Waals surface area contributed by atoms with Crippen LogP contribution in [0.3, 0.4) is 0 Å². The van der Waals surface area contributed by atoms with Gasteiger partial charge in [-0.25, -0.2) is 4.98 Å². The van der Waals surface area contributed by atoms with Crippen LogP contribution in [0.2, 0.25) is 0 Å². The van der Waals surface area contributed by atoms with Crippen molar-refractivity contribution >= 4 is 16.5 Å². The van der Waals surface area contributed by atoms with Crippen molar-refractivity contribution in [3.63, 3.8) is 0 Å². The second kappa shape index (κ2) is 3.66. The molecule has 1 fully saturated rings. The van der Waals surface area contributed by atoms with E-state index in [1.54, 1.807) is 11.3 Å². The summed E-state index contributed by atoms with van der Waals surface area (Å²) < 4.78 is 0. The summed E-state index contributed by atoms with van der Waals surface area (Å²) in [6, 6.07) is 0. The first-order chi connectivity index (χ1) is 6.35. The fourth-order valence-electron chi connectivity index (χ4n) is 1.80. The van der Waals surface area contributed by atoms with Gasteiger partial charge in [-0.1, -0.05) is 13.3 Å². The highest BCUT2D eigenvalue weighted by molar-refractivity contribution is 7.13. The highest BCUT2D eigenvalue weighted by atomic mass is 32.1. The van der Waals surface area contributed by atoms with E-state index in [2.05, 4.69) is 17.2 Å². The van der Waals surface area contributed by atoms with E-state index in [1.165, 1.54) is 25.7 Å². The SMILES string of the molecule is CCCC1(CNc2nccs2)CC1. The first-order valence-corrected chi connectivity index (χ1v) is 5.86. The number of nitrogens with one attached hydrogen (secondary N) is 1. The van der Waals surface area contributed by atoms with Gasteiger partial charge in [0.1, 0.15) is 0 Å². The highest BCUT2D eigenvalue weighted by Gasteiger charge is 2.41. The minimum atomic E-state index is 0.625. The average molecular weight is 196 g/mol. The van der Waals surface area contributed by atoms with Gasteiger partial charge in [0.05, 0.1) is 0 Å². The lowest BCUT2D eigenvalue weighted by Crippen LogP contribution is -2.14. The van der Waals surface area contributed by atoms with E-state index < -0.39 is 0 Å². The molecule has 0 aliphatic heterocycles. The molecule has 0 bridgehead atoms. The molecule has 13 heavy (non-hydrogen) atoms. The number of anilines is 1. The molecule has 1 saturated carbocycles. The van der Waals surface area contributed by atoms with Gasteiger partial charge < -0.3 is 5.32 Å². The van der Waals surface area contributed by atoms with E-state index in [1.807, 2.05) is 11.6 Å². The van der Waals surface area contributed by atoms with E-state index in [9.17, 15) is 0 Å². The van der Waals surface area contributed by atoms with Crippen LogP contribution < -0.4 is 5.32 Å². The summed E-state index contributed by atoms with van der Waals surface area (Å²) in [6.45, 7) is 3.39. The molecule has 2 nitrogen and oxygen atoms in total. The fraction of sp³-hybridized carbons (Fsp3) is 0.700. The predicted octanol–water partition coefficient (Wildman–Crippen LogP) is 3.14. The summed E-state index contributed by atoms with van der Waals surface area (Å²) in [5.74, 6) is 0. The lowest BCUT2D eigenvalue weighted by molar-refractivity contribution is 0.485. The number of aromatic nitrogens is 1. The van der Waals surface area contributed by atoms with Crippen LogP contribution in [-0.4, -0.2) is 11.5 Å². The maximum Gasteiger partial charge on any atom is 0.182 e. The zero-order chi connectivity index (χ0) is 9.15. The van der Waals surface area contributed by atoms with Crippen molar-refractivity contribution in [1.29, 1.82) is 0 Å². The largest absolute Gasteiger partial charge is 0.361 e. The Bertz CT molecular complexity index is 252. The van der Waals surface area contributed by atoms with Gasteiger partial charge in [0.25, 0.3) is 0 Å². The lowest BCUT2D eigenvalue weighted by Gasteiger charge is -2.13. The maximum absolute atomic E-state index is 4.21. The van der Waals surface area contributed by atoms with Crippen LogP contribution in [-0.2, 0) is 0 Å². The summed E-state index contributed by atoms with van der Waals surface area (Å²) in [7, 11) is 0. The molecule has 1 heterocycles. The summed E-state index contributed by atoms with van der Waals surface area (Å²) in [5, 5.41) is 6.51. The average Bonchev–Trinajstić information content (AvgIpc) is 2.71. The Kier molecular flexibility index (Phi) is 2.54. The van der Waals surface area contributed by atoms with Crippen molar-refractivity contribution in [3.05, 3.63) is 11.6 Å². The van der Waals surface area contributed by atoms with E-state index in [4.69, 9.17) is 0 Å². The van der Waals surface area contributed by atoms with E-state index >= 15 is 0 Å². The van der Waals surface area contributed by atoms with Crippen LogP contribution in [0.1, 0.15) is 32.6 Å². The molecule has 0 unspecified atom stereocenters. The standard InChI is InChI=1S/C10H16N2S/c1-2-3-10(4-5-10)8-12-9-11-6-7-13-9/h6-7H,2-5,8H2,1H3,(H,11,12). The first kappa shape index (κ1) is 9.00. The van der Waals surface area contributed by atoms with Crippen molar-refractivity contribution in [2.45, 2.75) is 32.6 Å². The third-order valence-corrected chi connectivity index (χ3v) is 3.52. The molecular formula is C10H16N2S. The topological polar surface area (TPSA) is 24.9 Å². The van der Waals surface area contributed by atoms with Crippen LogP contribution in [0.15, 0.2) is 11.6 Å². The molecule has 1 aromatic heterocycles. The number of rotatable bonds is 5. The molecule has 2 rings (SSSR count). The van der Waals surface area contributed by atoms with Crippen LogP contribution in [0, 0.1) is 5.41 Å². The Morgan fingerprint density at radius 1 is 1.62 bits per heavy atom. The van der Waals surface area contributed by atoms with E-state index in [0.717, 1.165) is 11.7 Å². The van der Waals surface area contributed by atoms with Gasteiger partial charge >= 0.3 is 0 Å². The minimum absolute atomic E-state index is 0.625.